The molecule has 3 rings (SSSR count). The minimum atomic E-state index is -0.275. The van der Waals surface area contributed by atoms with Crippen LogP contribution in [0.1, 0.15) is 17.5 Å². The maximum atomic E-state index is 13.5. The van der Waals surface area contributed by atoms with Crippen LogP contribution in [0.25, 0.3) is 0 Å². The third kappa shape index (κ3) is 2.78. The predicted octanol–water partition coefficient (Wildman–Crippen LogP) is 1.13. The van der Waals surface area contributed by atoms with Crippen molar-refractivity contribution < 1.29 is 13.9 Å². The standard InChI is InChI=1S/C13H16FN3O2/c14-11-4-9(6-17-13-15-2-1-3-16-13)12-10(5-11)7-18-8-19-12/h4-5H,1-3,6-8H2,(H2,15,16,17). The number of aliphatic imine (C=N–C) groups is 1. The molecule has 102 valence electrons. The molecule has 2 N–H and O–H groups in total. The minimum Gasteiger partial charge on any atom is -0.467 e. The lowest BCUT2D eigenvalue weighted by atomic mass is 10.1. The molecule has 0 amide bonds. The third-order valence-corrected chi connectivity index (χ3v) is 3.10. The van der Waals surface area contributed by atoms with Crippen LogP contribution in [0.5, 0.6) is 5.75 Å². The summed E-state index contributed by atoms with van der Waals surface area (Å²) in [6.45, 7) is 2.81. The molecule has 0 aromatic heterocycles. The Bertz CT molecular complexity index is 505. The van der Waals surface area contributed by atoms with Crippen molar-refractivity contribution in [1.82, 2.24) is 10.6 Å². The van der Waals surface area contributed by atoms with Crippen LogP contribution < -0.4 is 15.4 Å². The van der Waals surface area contributed by atoms with E-state index in [4.69, 9.17) is 9.47 Å². The van der Waals surface area contributed by atoms with Crippen molar-refractivity contribution in [2.24, 2.45) is 4.99 Å². The van der Waals surface area contributed by atoms with Crippen molar-refractivity contribution in [2.75, 3.05) is 19.9 Å². The molecule has 6 heteroatoms. The molecule has 5 nitrogen and oxygen atoms in total. The van der Waals surface area contributed by atoms with E-state index in [0.29, 0.717) is 13.2 Å². The van der Waals surface area contributed by atoms with E-state index in [-0.39, 0.29) is 12.6 Å². The number of hydrogen-bond donors (Lipinski definition) is 2. The number of nitrogens with zero attached hydrogens (tertiary/aromatic N) is 1. The lowest BCUT2D eigenvalue weighted by Gasteiger charge is -2.22. The highest BCUT2D eigenvalue weighted by atomic mass is 19.1. The molecule has 0 saturated heterocycles. The SMILES string of the molecule is Fc1cc(CNC2=NCCCN2)c2c(c1)COCO2. The van der Waals surface area contributed by atoms with Gasteiger partial charge in [0.25, 0.3) is 0 Å². The van der Waals surface area contributed by atoms with Gasteiger partial charge in [-0.15, -0.1) is 0 Å². The van der Waals surface area contributed by atoms with Crippen LogP contribution in [-0.2, 0) is 17.9 Å². The van der Waals surface area contributed by atoms with Gasteiger partial charge in [-0.05, 0) is 18.6 Å². The van der Waals surface area contributed by atoms with Crippen LogP contribution in [0.15, 0.2) is 17.1 Å². The van der Waals surface area contributed by atoms with Crippen molar-refractivity contribution in [3.05, 3.63) is 29.1 Å². The average Bonchev–Trinajstić information content (AvgIpc) is 2.45. The topological polar surface area (TPSA) is 54.9 Å². The lowest BCUT2D eigenvalue weighted by molar-refractivity contribution is -0.0172. The van der Waals surface area contributed by atoms with E-state index in [1.807, 2.05) is 0 Å². The number of rotatable bonds is 2. The van der Waals surface area contributed by atoms with Crippen molar-refractivity contribution in [3.63, 3.8) is 0 Å². The first-order valence-electron chi connectivity index (χ1n) is 6.37. The maximum Gasteiger partial charge on any atom is 0.191 e. The molecule has 0 fully saturated rings. The van der Waals surface area contributed by atoms with E-state index in [1.165, 1.54) is 12.1 Å². The van der Waals surface area contributed by atoms with E-state index in [9.17, 15) is 4.39 Å². The number of hydrogen-bond acceptors (Lipinski definition) is 5. The van der Waals surface area contributed by atoms with E-state index in [2.05, 4.69) is 15.6 Å². The summed E-state index contributed by atoms with van der Waals surface area (Å²) in [7, 11) is 0. The summed E-state index contributed by atoms with van der Waals surface area (Å²) >= 11 is 0. The van der Waals surface area contributed by atoms with Gasteiger partial charge < -0.3 is 20.1 Å². The Balaban J connectivity index is 1.76. The van der Waals surface area contributed by atoms with E-state index < -0.39 is 0 Å². The molecule has 19 heavy (non-hydrogen) atoms. The normalized spacial score (nSPS) is 17.8. The summed E-state index contributed by atoms with van der Waals surface area (Å²) in [5.74, 6) is 1.20. The van der Waals surface area contributed by atoms with Crippen LogP contribution in [0.4, 0.5) is 4.39 Å². The van der Waals surface area contributed by atoms with Crippen molar-refractivity contribution >= 4 is 5.96 Å². The smallest absolute Gasteiger partial charge is 0.191 e. The number of halogens is 1. The molecule has 0 saturated carbocycles. The summed E-state index contributed by atoms with van der Waals surface area (Å²) in [6, 6.07) is 2.94. The molecule has 1 aromatic carbocycles. The summed E-state index contributed by atoms with van der Waals surface area (Å²) < 4.78 is 24.2. The largest absolute Gasteiger partial charge is 0.467 e. The molecular weight excluding hydrogens is 249 g/mol. The number of ether oxygens (including phenoxy) is 2. The highest BCUT2D eigenvalue weighted by Crippen LogP contribution is 2.29. The first-order valence-corrected chi connectivity index (χ1v) is 6.37. The molecule has 0 spiro atoms. The van der Waals surface area contributed by atoms with Crippen molar-refractivity contribution in [1.29, 1.82) is 0 Å². The molecule has 0 aliphatic carbocycles. The Morgan fingerprint density at radius 3 is 3.21 bits per heavy atom. The summed E-state index contributed by atoms with van der Waals surface area (Å²) in [6.07, 6.45) is 1.04. The van der Waals surface area contributed by atoms with Gasteiger partial charge in [0.15, 0.2) is 12.8 Å². The second-order valence-electron chi connectivity index (χ2n) is 4.53. The second kappa shape index (κ2) is 5.44. The summed E-state index contributed by atoms with van der Waals surface area (Å²) in [5.41, 5.74) is 1.54. The Morgan fingerprint density at radius 1 is 1.42 bits per heavy atom. The molecule has 2 aliphatic heterocycles. The molecular formula is C13H16FN3O2. The molecule has 2 aliphatic rings. The van der Waals surface area contributed by atoms with Crippen LogP contribution in [0.2, 0.25) is 0 Å². The Kier molecular flexibility index (Phi) is 3.50. The van der Waals surface area contributed by atoms with Crippen LogP contribution in [-0.4, -0.2) is 25.8 Å². The fraction of sp³-hybridized carbons (Fsp3) is 0.462. The summed E-state index contributed by atoms with van der Waals surface area (Å²) in [4.78, 5) is 4.31. The zero-order valence-electron chi connectivity index (χ0n) is 10.5. The van der Waals surface area contributed by atoms with E-state index in [0.717, 1.165) is 42.3 Å². The number of fused-ring (bicyclic) bond motifs is 1. The maximum absolute atomic E-state index is 13.5. The number of nitrogens with one attached hydrogen (secondary N) is 2. The molecule has 0 radical (unpaired) electrons. The molecule has 1 aromatic rings. The minimum absolute atomic E-state index is 0.213. The average molecular weight is 265 g/mol. The number of benzene rings is 1. The van der Waals surface area contributed by atoms with Gasteiger partial charge in [-0.1, -0.05) is 0 Å². The third-order valence-electron chi connectivity index (χ3n) is 3.10. The first kappa shape index (κ1) is 12.2. The molecule has 2 heterocycles. The fourth-order valence-electron chi connectivity index (χ4n) is 2.22. The predicted molar refractivity (Wildman–Crippen MR) is 68.4 cm³/mol. The van der Waals surface area contributed by atoms with E-state index >= 15 is 0 Å². The first-order chi connectivity index (χ1) is 9.33. The highest BCUT2D eigenvalue weighted by Gasteiger charge is 2.17. The second-order valence-corrected chi connectivity index (χ2v) is 4.53. The molecule has 0 unspecified atom stereocenters. The Morgan fingerprint density at radius 2 is 2.37 bits per heavy atom. The van der Waals surface area contributed by atoms with Gasteiger partial charge in [0.1, 0.15) is 11.6 Å². The zero-order valence-corrected chi connectivity index (χ0v) is 10.5. The van der Waals surface area contributed by atoms with Gasteiger partial charge in [0, 0.05) is 30.8 Å². The van der Waals surface area contributed by atoms with Gasteiger partial charge in [-0.3, -0.25) is 4.99 Å². The monoisotopic (exact) mass is 265 g/mol. The summed E-state index contributed by atoms with van der Waals surface area (Å²) in [5, 5.41) is 6.33. The van der Waals surface area contributed by atoms with Crippen LogP contribution >= 0.6 is 0 Å². The fourth-order valence-corrected chi connectivity index (χ4v) is 2.22. The van der Waals surface area contributed by atoms with Crippen molar-refractivity contribution in [3.8, 4) is 5.75 Å². The van der Waals surface area contributed by atoms with Crippen LogP contribution in [0, 0.1) is 5.82 Å². The van der Waals surface area contributed by atoms with Gasteiger partial charge in [-0.2, -0.15) is 0 Å². The zero-order chi connectivity index (χ0) is 13.1. The quantitative estimate of drug-likeness (QED) is 0.841. The lowest BCUT2D eigenvalue weighted by Crippen LogP contribution is -2.40. The number of guanidine groups is 1. The van der Waals surface area contributed by atoms with Gasteiger partial charge in [-0.25, -0.2) is 4.39 Å². The van der Waals surface area contributed by atoms with Crippen molar-refractivity contribution in [2.45, 2.75) is 19.6 Å². The van der Waals surface area contributed by atoms with E-state index in [1.54, 1.807) is 0 Å². The van der Waals surface area contributed by atoms with Gasteiger partial charge >= 0.3 is 0 Å². The van der Waals surface area contributed by atoms with Gasteiger partial charge in [0.2, 0.25) is 0 Å². The molecule has 0 bridgehead atoms. The van der Waals surface area contributed by atoms with Gasteiger partial charge in [0.05, 0.1) is 6.61 Å². The Labute approximate surface area is 110 Å². The highest BCUT2D eigenvalue weighted by molar-refractivity contribution is 5.80. The Hall–Kier alpha value is -1.82. The van der Waals surface area contributed by atoms with Crippen LogP contribution in [0.3, 0.4) is 0 Å². The molecule has 0 atom stereocenters.